The number of hydrogen-bond donors (Lipinski definition) is 2. The van der Waals surface area contributed by atoms with E-state index in [1.165, 1.54) is 6.07 Å². The number of hydrogen-bond acceptors (Lipinski definition) is 5. The van der Waals surface area contributed by atoms with Crippen molar-refractivity contribution in [2.45, 2.75) is 31.8 Å². The van der Waals surface area contributed by atoms with E-state index in [2.05, 4.69) is 0 Å². The van der Waals surface area contributed by atoms with Crippen molar-refractivity contribution in [3.8, 4) is 0 Å². The highest BCUT2D eigenvalue weighted by Crippen LogP contribution is 2.26. The zero-order chi connectivity index (χ0) is 14.3. The molecule has 6 heteroatoms. The lowest BCUT2D eigenvalue weighted by atomic mass is 9.87. The average Bonchev–Trinajstić information content (AvgIpc) is 2.73. The number of benzene rings is 1. The van der Waals surface area contributed by atoms with Crippen LogP contribution in [0.5, 0.6) is 0 Å². The maximum absolute atomic E-state index is 12.5. The molecule has 0 saturated heterocycles. The highest BCUT2D eigenvalue weighted by Gasteiger charge is 2.28. The molecule has 106 valence electrons. The third-order valence-corrected chi connectivity index (χ3v) is 3.87. The summed E-state index contributed by atoms with van der Waals surface area (Å²) in [7, 11) is 0. The van der Waals surface area contributed by atoms with Crippen molar-refractivity contribution in [3.05, 3.63) is 28.7 Å². The quantitative estimate of drug-likeness (QED) is 0.766. The minimum Gasteiger partial charge on any atom is -0.407 e. The fraction of sp³-hybridized carbons (Fsp3) is 0.429. The van der Waals surface area contributed by atoms with Crippen LogP contribution in [-0.2, 0) is 0 Å². The van der Waals surface area contributed by atoms with Gasteiger partial charge in [-0.25, -0.2) is 9.36 Å². The second-order valence-corrected chi connectivity index (χ2v) is 5.27. The Morgan fingerprint density at radius 3 is 2.70 bits per heavy atom. The maximum Gasteiger partial charge on any atom is 0.426 e. The topological polar surface area (TPSA) is 98.5 Å². The minimum atomic E-state index is -0.679. The Kier molecular flexibility index (Phi) is 3.10. The number of aliphatic hydroxyl groups is 1. The fourth-order valence-electron chi connectivity index (χ4n) is 2.75. The van der Waals surface area contributed by atoms with E-state index < -0.39 is 5.76 Å². The van der Waals surface area contributed by atoms with Crippen molar-refractivity contribution in [2.75, 3.05) is 5.73 Å². The Bertz CT molecular complexity index is 708. The standard InChI is InChI=1S/C14H16N2O4/c15-9-3-6-11-12(7-9)20-14(19)16(11)13(18)8-1-4-10(17)5-2-8/h3,6-8,10,17H,1-2,4-5,15H2. The number of oxazole rings is 1. The average molecular weight is 276 g/mol. The highest BCUT2D eigenvalue weighted by atomic mass is 16.4. The molecule has 1 aliphatic carbocycles. The Balaban J connectivity index is 1.99. The molecule has 1 aromatic carbocycles. The van der Waals surface area contributed by atoms with Crippen molar-refractivity contribution in [1.29, 1.82) is 0 Å². The van der Waals surface area contributed by atoms with Gasteiger partial charge in [0.2, 0.25) is 5.91 Å². The molecule has 0 atom stereocenters. The van der Waals surface area contributed by atoms with Gasteiger partial charge in [0, 0.05) is 17.7 Å². The number of rotatable bonds is 1. The van der Waals surface area contributed by atoms with Crippen LogP contribution >= 0.6 is 0 Å². The monoisotopic (exact) mass is 276 g/mol. The number of carbonyl (C=O) groups excluding carboxylic acids is 1. The van der Waals surface area contributed by atoms with E-state index in [1.54, 1.807) is 12.1 Å². The summed E-state index contributed by atoms with van der Waals surface area (Å²) in [6.07, 6.45) is 2.03. The lowest BCUT2D eigenvalue weighted by Crippen LogP contribution is -2.32. The van der Waals surface area contributed by atoms with Gasteiger partial charge in [-0.15, -0.1) is 0 Å². The van der Waals surface area contributed by atoms with Gasteiger partial charge in [0.25, 0.3) is 0 Å². The fourth-order valence-corrected chi connectivity index (χ4v) is 2.75. The third kappa shape index (κ3) is 2.12. The van der Waals surface area contributed by atoms with Crippen LogP contribution in [0.1, 0.15) is 30.5 Å². The summed E-state index contributed by atoms with van der Waals surface area (Å²) in [6.45, 7) is 0. The molecule has 0 spiro atoms. The molecule has 0 amide bonds. The molecule has 6 nitrogen and oxygen atoms in total. The molecule has 1 aliphatic rings. The van der Waals surface area contributed by atoms with Crippen LogP contribution in [0.4, 0.5) is 5.69 Å². The number of anilines is 1. The van der Waals surface area contributed by atoms with Crippen LogP contribution in [0.2, 0.25) is 0 Å². The normalized spacial score (nSPS) is 23.1. The van der Waals surface area contributed by atoms with Gasteiger partial charge in [0.05, 0.1) is 11.6 Å². The van der Waals surface area contributed by atoms with Crippen LogP contribution in [0.15, 0.2) is 27.4 Å². The van der Waals surface area contributed by atoms with E-state index in [1.807, 2.05) is 0 Å². The number of aromatic nitrogens is 1. The van der Waals surface area contributed by atoms with Gasteiger partial charge in [0.1, 0.15) is 0 Å². The van der Waals surface area contributed by atoms with E-state index in [0.29, 0.717) is 42.5 Å². The van der Waals surface area contributed by atoms with Gasteiger partial charge in [-0.1, -0.05) is 0 Å². The van der Waals surface area contributed by atoms with Gasteiger partial charge in [-0.2, -0.15) is 0 Å². The van der Waals surface area contributed by atoms with Gasteiger partial charge in [-0.3, -0.25) is 4.79 Å². The second kappa shape index (κ2) is 4.79. The van der Waals surface area contributed by atoms with Crippen LogP contribution in [0, 0.1) is 5.92 Å². The molecule has 0 radical (unpaired) electrons. The summed E-state index contributed by atoms with van der Waals surface area (Å²) in [6, 6.07) is 4.78. The third-order valence-electron chi connectivity index (χ3n) is 3.87. The summed E-state index contributed by atoms with van der Waals surface area (Å²) in [5, 5.41) is 9.48. The molecule has 0 bridgehead atoms. The molecule has 1 saturated carbocycles. The SMILES string of the molecule is Nc1ccc2c(c1)oc(=O)n2C(=O)C1CCC(O)CC1. The number of carbonyl (C=O) groups is 1. The minimum absolute atomic E-state index is 0.241. The van der Waals surface area contributed by atoms with Gasteiger partial charge in [-0.05, 0) is 37.8 Å². The van der Waals surface area contributed by atoms with Crippen molar-refractivity contribution >= 4 is 22.7 Å². The van der Waals surface area contributed by atoms with Crippen molar-refractivity contribution in [3.63, 3.8) is 0 Å². The van der Waals surface area contributed by atoms with Crippen LogP contribution in [-0.4, -0.2) is 21.7 Å². The molecule has 2 aromatic rings. The number of aliphatic hydroxyl groups excluding tert-OH is 1. The number of nitrogen functional groups attached to an aromatic ring is 1. The smallest absolute Gasteiger partial charge is 0.407 e. The number of nitrogens with zero attached hydrogens (tertiary/aromatic N) is 1. The first-order chi connectivity index (χ1) is 9.56. The summed E-state index contributed by atoms with van der Waals surface area (Å²) < 4.78 is 6.15. The lowest BCUT2D eigenvalue weighted by Gasteiger charge is -2.23. The van der Waals surface area contributed by atoms with Crippen molar-refractivity contribution in [2.24, 2.45) is 5.92 Å². The predicted octanol–water partition coefficient (Wildman–Crippen LogP) is 1.37. The molecule has 1 heterocycles. The predicted molar refractivity (Wildman–Crippen MR) is 73.5 cm³/mol. The first-order valence-corrected chi connectivity index (χ1v) is 6.69. The Hall–Kier alpha value is -2.08. The van der Waals surface area contributed by atoms with Crippen molar-refractivity contribution < 1.29 is 14.3 Å². The molecule has 1 fully saturated rings. The number of fused-ring (bicyclic) bond motifs is 1. The molecule has 20 heavy (non-hydrogen) atoms. The van der Waals surface area contributed by atoms with Gasteiger partial charge >= 0.3 is 5.76 Å². The summed E-state index contributed by atoms with van der Waals surface area (Å²) >= 11 is 0. The summed E-state index contributed by atoms with van der Waals surface area (Å²) in [5.74, 6) is -1.18. The highest BCUT2D eigenvalue weighted by molar-refractivity contribution is 5.91. The van der Waals surface area contributed by atoms with Crippen LogP contribution < -0.4 is 11.5 Å². The van der Waals surface area contributed by atoms with Gasteiger partial charge in [0.15, 0.2) is 5.58 Å². The Morgan fingerprint density at radius 2 is 2.00 bits per heavy atom. The molecule has 1 aromatic heterocycles. The summed E-state index contributed by atoms with van der Waals surface area (Å²) in [5.41, 5.74) is 6.88. The van der Waals surface area contributed by atoms with E-state index in [4.69, 9.17) is 10.2 Å². The second-order valence-electron chi connectivity index (χ2n) is 5.27. The van der Waals surface area contributed by atoms with E-state index >= 15 is 0 Å². The Labute approximate surface area is 114 Å². The van der Waals surface area contributed by atoms with E-state index in [-0.39, 0.29) is 17.9 Å². The first kappa shape index (κ1) is 12.9. The lowest BCUT2D eigenvalue weighted by molar-refractivity contribution is 0.0684. The molecule has 0 aliphatic heterocycles. The zero-order valence-electron chi connectivity index (χ0n) is 10.9. The molecular weight excluding hydrogens is 260 g/mol. The maximum atomic E-state index is 12.5. The summed E-state index contributed by atoms with van der Waals surface area (Å²) in [4.78, 5) is 24.4. The first-order valence-electron chi connectivity index (χ1n) is 6.69. The van der Waals surface area contributed by atoms with Crippen LogP contribution in [0.3, 0.4) is 0 Å². The van der Waals surface area contributed by atoms with Crippen molar-refractivity contribution in [1.82, 2.24) is 4.57 Å². The largest absolute Gasteiger partial charge is 0.426 e. The Morgan fingerprint density at radius 1 is 1.30 bits per heavy atom. The van der Waals surface area contributed by atoms with Gasteiger partial charge < -0.3 is 15.3 Å². The number of nitrogens with two attached hydrogens (primary N) is 1. The van der Waals surface area contributed by atoms with E-state index in [0.717, 1.165) is 4.57 Å². The molecule has 0 unspecified atom stereocenters. The molecule has 3 N–H and O–H groups in total. The van der Waals surface area contributed by atoms with Crippen LogP contribution in [0.25, 0.3) is 11.1 Å². The molecular formula is C14H16N2O4. The zero-order valence-corrected chi connectivity index (χ0v) is 10.9. The molecule has 3 rings (SSSR count). The van der Waals surface area contributed by atoms with E-state index in [9.17, 15) is 14.7 Å².